The van der Waals surface area contributed by atoms with Gasteiger partial charge in [0.15, 0.2) is 0 Å². The summed E-state index contributed by atoms with van der Waals surface area (Å²) in [6.45, 7) is 6.99. The fraction of sp³-hybridized carbons (Fsp3) is 0.958. The van der Waals surface area contributed by atoms with Crippen LogP contribution in [0.2, 0.25) is 0 Å². The largest absolute Gasteiger partial charge is 2.00 e. The zero-order chi connectivity index (χ0) is 20.3. The van der Waals surface area contributed by atoms with E-state index in [0.29, 0.717) is 35.5 Å². The smallest absolute Gasteiger partial charge is 0.481 e. The summed E-state index contributed by atoms with van der Waals surface area (Å²) in [6, 6.07) is 0. The molecule has 0 saturated heterocycles. The van der Waals surface area contributed by atoms with Crippen molar-refractivity contribution in [2.75, 3.05) is 0 Å². The topological polar surface area (TPSA) is 77.8 Å². The third kappa shape index (κ3) is 3.76. The standard InChI is InChI=1S/C24H40O4.Zn/c1-14(4-9-22(27)28)18-7-8-19-17-6-5-15-12-16(25)10-11-23(15,2)20(17)13-21(26)24(18,19)3;/h14-21,25-26H,4-13H2,1-3H3,(H,27,28);/q;+2/t14?,15-,16-,17+,18-,19+,20+,21+,23+,24-;/m1./s1. The second kappa shape index (κ2) is 8.51. The summed E-state index contributed by atoms with van der Waals surface area (Å²) in [5.41, 5.74) is 0.216. The fourth-order valence-corrected chi connectivity index (χ4v) is 8.71. The summed E-state index contributed by atoms with van der Waals surface area (Å²) >= 11 is 0. The summed E-state index contributed by atoms with van der Waals surface area (Å²) in [5.74, 6) is 2.55. The second-order valence-corrected chi connectivity index (χ2v) is 11.3. The van der Waals surface area contributed by atoms with E-state index in [9.17, 15) is 15.0 Å². The summed E-state index contributed by atoms with van der Waals surface area (Å²) in [6.07, 6.45) is 9.26. The first-order valence-corrected chi connectivity index (χ1v) is 11.8. The molecule has 4 fully saturated rings. The van der Waals surface area contributed by atoms with E-state index < -0.39 is 5.97 Å². The monoisotopic (exact) mass is 456 g/mol. The average molecular weight is 458 g/mol. The van der Waals surface area contributed by atoms with Crippen molar-refractivity contribution in [3.8, 4) is 0 Å². The molecule has 4 nitrogen and oxygen atoms in total. The molecule has 0 aromatic carbocycles. The quantitative estimate of drug-likeness (QED) is 0.544. The van der Waals surface area contributed by atoms with Gasteiger partial charge >= 0.3 is 25.4 Å². The minimum absolute atomic E-state index is 0. The maximum atomic E-state index is 11.5. The zero-order valence-corrected chi connectivity index (χ0v) is 21.6. The Morgan fingerprint density at radius 1 is 1.03 bits per heavy atom. The van der Waals surface area contributed by atoms with Gasteiger partial charge in [-0.3, -0.25) is 4.79 Å². The molecule has 0 radical (unpaired) electrons. The number of hydrogen-bond acceptors (Lipinski definition) is 3. The Morgan fingerprint density at radius 2 is 1.76 bits per heavy atom. The molecule has 4 saturated carbocycles. The summed E-state index contributed by atoms with van der Waals surface area (Å²) in [5, 5.41) is 30.8. The minimum atomic E-state index is -0.707. The van der Waals surface area contributed by atoms with E-state index >= 15 is 0 Å². The van der Waals surface area contributed by atoms with Crippen molar-refractivity contribution in [3.05, 3.63) is 0 Å². The molecule has 160 valence electrons. The van der Waals surface area contributed by atoms with Gasteiger partial charge in [0, 0.05) is 6.42 Å². The van der Waals surface area contributed by atoms with Crippen LogP contribution in [0.4, 0.5) is 0 Å². The van der Waals surface area contributed by atoms with E-state index in [0.717, 1.165) is 38.5 Å². The molecule has 0 aliphatic heterocycles. The molecular weight excluding hydrogens is 418 g/mol. The molecule has 0 bridgehead atoms. The predicted octanol–water partition coefficient (Wildman–Crippen LogP) is 4.48. The molecule has 4 rings (SSSR count). The average Bonchev–Trinajstić information content (AvgIpc) is 3.00. The van der Waals surface area contributed by atoms with Crippen LogP contribution in [0.5, 0.6) is 0 Å². The SMILES string of the molecule is CC(CCC(=O)O)[C@H]1CC[C@H]2[C@@H]3CC[C@@H]4C[C@H](O)CC[C@]4(C)[C@H]3C[C@H](O)[C@]12C.[Zn+2]. The molecule has 0 amide bonds. The number of carbonyl (C=O) groups is 1. The molecule has 3 N–H and O–H groups in total. The van der Waals surface area contributed by atoms with Crippen molar-refractivity contribution in [1.29, 1.82) is 0 Å². The Balaban J connectivity index is 0.00000240. The molecule has 0 aromatic rings. The number of fused-ring (bicyclic) bond motifs is 5. The van der Waals surface area contributed by atoms with Gasteiger partial charge < -0.3 is 15.3 Å². The van der Waals surface area contributed by atoms with Crippen LogP contribution >= 0.6 is 0 Å². The Morgan fingerprint density at radius 3 is 2.45 bits per heavy atom. The van der Waals surface area contributed by atoms with E-state index in [4.69, 9.17) is 5.11 Å². The van der Waals surface area contributed by atoms with Crippen molar-refractivity contribution in [2.24, 2.45) is 46.3 Å². The molecule has 1 unspecified atom stereocenters. The molecule has 29 heavy (non-hydrogen) atoms. The van der Waals surface area contributed by atoms with Gasteiger partial charge in [-0.2, -0.15) is 0 Å². The predicted molar refractivity (Wildman–Crippen MR) is 109 cm³/mol. The molecular formula is C24H40O4Zn+2. The summed E-state index contributed by atoms with van der Waals surface area (Å²) in [7, 11) is 0. The van der Waals surface area contributed by atoms with Crippen molar-refractivity contribution in [3.63, 3.8) is 0 Å². The third-order valence-corrected chi connectivity index (χ3v) is 10.3. The molecule has 0 heterocycles. The molecule has 4 aliphatic carbocycles. The maximum absolute atomic E-state index is 11.5. The van der Waals surface area contributed by atoms with Crippen LogP contribution in [0, 0.1) is 46.3 Å². The van der Waals surface area contributed by atoms with Gasteiger partial charge in [-0.25, -0.2) is 0 Å². The Labute approximate surface area is 189 Å². The summed E-state index contributed by atoms with van der Waals surface area (Å²) < 4.78 is 0. The summed E-state index contributed by atoms with van der Waals surface area (Å²) in [4.78, 5) is 11.1. The van der Waals surface area contributed by atoms with Crippen LogP contribution in [-0.2, 0) is 24.3 Å². The number of rotatable bonds is 4. The van der Waals surface area contributed by atoms with E-state index in [2.05, 4.69) is 20.8 Å². The van der Waals surface area contributed by atoms with Gasteiger partial charge in [0.2, 0.25) is 0 Å². The first kappa shape index (κ1) is 23.7. The Kier molecular flexibility index (Phi) is 6.95. The third-order valence-electron chi connectivity index (χ3n) is 10.3. The van der Waals surface area contributed by atoms with Crippen LogP contribution in [0.25, 0.3) is 0 Å². The Hall–Kier alpha value is 0.0134. The van der Waals surface area contributed by atoms with Crippen molar-refractivity contribution in [2.45, 2.75) is 97.2 Å². The number of aliphatic hydroxyl groups is 2. The van der Waals surface area contributed by atoms with E-state index in [1.807, 2.05) is 0 Å². The molecule has 0 aromatic heterocycles. The van der Waals surface area contributed by atoms with Crippen molar-refractivity contribution >= 4 is 5.97 Å². The minimum Gasteiger partial charge on any atom is -0.481 e. The van der Waals surface area contributed by atoms with Crippen LogP contribution in [0.15, 0.2) is 0 Å². The van der Waals surface area contributed by atoms with Crippen LogP contribution in [0.1, 0.15) is 85.0 Å². The number of aliphatic carboxylic acids is 1. The first-order chi connectivity index (χ1) is 13.2. The van der Waals surface area contributed by atoms with E-state index in [1.54, 1.807) is 0 Å². The van der Waals surface area contributed by atoms with E-state index in [1.165, 1.54) is 19.3 Å². The van der Waals surface area contributed by atoms with Gasteiger partial charge in [-0.05, 0) is 104 Å². The fourth-order valence-electron chi connectivity index (χ4n) is 8.71. The number of aliphatic hydroxyl groups excluding tert-OH is 2. The van der Waals surface area contributed by atoms with Gasteiger partial charge in [0.1, 0.15) is 0 Å². The van der Waals surface area contributed by atoms with Gasteiger partial charge in [0.05, 0.1) is 12.2 Å². The zero-order valence-electron chi connectivity index (χ0n) is 18.6. The van der Waals surface area contributed by atoms with Gasteiger partial charge in [-0.1, -0.05) is 20.8 Å². The van der Waals surface area contributed by atoms with Crippen LogP contribution < -0.4 is 0 Å². The van der Waals surface area contributed by atoms with Gasteiger partial charge in [-0.15, -0.1) is 0 Å². The normalized spacial score (nSPS) is 49.9. The number of carboxylic acids is 1. The number of hydrogen-bond donors (Lipinski definition) is 3. The molecule has 10 atom stereocenters. The van der Waals surface area contributed by atoms with Crippen molar-refractivity contribution in [1.82, 2.24) is 0 Å². The molecule has 4 aliphatic rings. The molecule has 5 heteroatoms. The maximum Gasteiger partial charge on any atom is 2.00 e. The Bertz CT molecular complexity index is 612. The van der Waals surface area contributed by atoms with Gasteiger partial charge in [0.25, 0.3) is 0 Å². The molecule has 0 spiro atoms. The van der Waals surface area contributed by atoms with E-state index in [-0.39, 0.29) is 48.9 Å². The van der Waals surface area contributed by atoms with Crippen LogP contribution in [-0.4, -0.2) is 33.5 Å². The number of carboxylic acid groups (broad SMARTS) is 1. The second-order valence-electron chi connectivity index (χ2n) is 11.3. The van der Waals surface area contributed by atoms with Crippen LogP contribution in [0.3, 0.4) is 0 Å². The first-order valence-electron chi connectivity index (χ1n) is 11.8. The van der Waals surface area contributed by atoms with Crippen molar-refractivity contribution < 1.29 is 39.6 Å².